The lowest BCUT2D eigenvalue weighted by Gasteiger charge is -2.22. The molecular formula is C14H24NO12P. The summed E-state index contributed by atoms with van der Waals surface area (Å²) < 4.78 is 45.5. The number of carbonyl (C=O) groups is 4. The van der Waals surface area contributed by atoms with Crippen LogP contribution in [-0.2, 0) is 56.4 Å². The van der Waals surface area contributed by atoms with Gasteiger partial charge in [0.15, 0.2) is 12.2 Å². The van der Waals surface area contributed by atoms with Crippen molar-refractivity contribution in [1.82, 2.24) is 0 Å². The molecule has 0 saturated heterocycles. The van der Waals surface area contributed by atoms with E-state index in [0.29, 0.717) is 0 Å². The van der Waals surface area contributed by atoms with Gasteiger partial charge in [-0.25, -0.2) is 15.1 Å². The lowest BCUT2D eigenvalue weighted by molar-refractivity contribution is -0.159. The maximum Gasteiger partial charge on any atom is 0.491 e. The van der Waals surface area contributed by atoms with Crippen LogP contribution < -0.4 is 5.90 Å². The summed E-state index contributed by atoms with van der Waals surface area (Å²) in [4.78, 5) is 43.9. The number of hydrogen-bond acceptors (Lipinski definition) is 13. The minimum atomic E-state index is -4.38. The normalized spacial score (nSPS) is 14.9. The molecule has 13 nitrogen and oxygen atoms in total. The van der Waals surface area contributed by atoms with Crippen LogP contribution >= 0.6 is 7.82 Å². The van der Waals surface area contributed by atoms with E-state index in [9.17, 15) is 23.7 Å². The van der Waals surface area contributed by atoms with E-state index in [1.165, 1.54) is 0 Å². The van der Waals surface area contributed by atoms with Crippen LogP contribution in [0.5, 0.6) is 0 Å². The molecule has 14 heteroatoms. The first-order valence-electron chi connectivity index (χ1n) is 7.86. The molecule has 28 heavy (non-hydrogen) atoms. The van der Waals surface area contributed by atoms with Crippen LogP contribution in [0.3, 0.4) is 0 Å². The summed E-state index contributed by atoms with van der Waals surface area (Å²) in [6.07, 6.45) is -2.22. The Morgan fingerprint density at radius 2 is 1.07 bits per heavy atom. The molecule has 0 aliphatic heterocycles. The Labute approximate surface area is 161 Å². The third-order valence-corrected chi connectivity index (χ3v) is 3.77. The van der Waals surface area contributed by atoms with Crippen molar-refractivity contribution in [2.75, 3.05) is 26.4 Å². The Morgan fingerprint density at radius 1 is 0.714 bits per heavy atom. The van der Waals surface area contributed by atoms with Gasteiger partial charge in [0.1, 0.15) is 13.2 Å². The molecule has 0 aliphatic rings. The molecule has 0 bridgehead atoms. The predicted octanol–water partition coefficient (Wildman–Crippen LogP) is 0.00760. The van der Waals surface area contributed by atoms with Crippen LogP contribution in [0.1, 0.15) is 27.7 Å². The van der Waals surface area contributed by atoms with Crippen LogP contribution in [-0.4, -0.2) is 62.5 Å². The van der Waals surface area contributed by atoms with Crippen LogP contribution in [0.4, 0.5) is 0 Å². The van der Waals surface area contributed by atoms with E-state index in [2.05, 4.69) is 4.62 Å². The van der Waals surface area contributed by atoms with E-state index < -0.39 is 57.1 Å². The number of rotatable bonds is 13. The Bertz CT molecular complexity index is 549. The molecule has 0 aromatic rings. The largest absolute Gasteiger partial charge is 0.491 e. The molecule has 0 saturated carbocycles. The SMILES string of the molecule is CC(=O)OCC(COP(=O)(ON)OC[C@@H](COC(C)=O)OC(C)=O)OC(C)=O. The summed E-state index contributed by atoms with van der Waals surface area (Å²) in [7, 11) is -4.38. The van der Waals surface area contributed by atoms with E-state index in [1.54, 1.807) is 0 Å². The summed E-state index contributed by atoms with van der Waals surface area (Å²) in [5, 5.41) is 0. The number of esters is 4. The lowest BCUT2D eigenvalue weighted by Crippen LogP contribution is -2.30. The second-order valence-corrected chi connectivity index (χ2v) is 6.83. The van der Waals surface area contributed by atoms with Gasteiger partial charge in [-0.15, -0.1) is 0 Å². The second kappa shape index (κ2) is 13.2. The Hall–Kier alpha value is -2.05. The highest BCUT2D eigenvalue weighted by Crippen LogP contribution is 2.47. The zero-order chi connectivity index (χ0) is 21.7. The summed E-state index contributed by atoms with van der Waals surface area (Å²) in [6, 6.07) is 0. The van der Waals surface area contributed by atoms with Gasteiger partial charge in [-0.1, -0.05) is 0 Å². The Kier molecular flexibility index (Phi) is 12.2. The monoisotopic (exact) mass is 429 g/mol. The molecule has 0 aromatic carbocycles. The summed E-state index contributed by atoms with van der Waals surface area (Å²) >= 11 is 0. The molecule has 0 amide bonds. The summed E-state index contributed by atoms with van der Waals surface area (Å²) in [6.45, 7) is 2.64. The standard InChI is InChI=1S/C14H24NO12P/c1-9(16)21-5-13(25-11(3)18)7-23-28(20,27-15)24-8-14(26-12(4)19)6-22-10(2)17/h13-14H,5-8,15H2,1-4H3/t13-,14?,28?/m1/s1. The summed E-state index contributed by atoms with van der Waals surface area (Å²) in [5.74, 6) is 2.24. The highest BCUT2D eigenvalue weighted by atomic mass is 31.2. The third-order valence-electron chi connectivity index (χ3n) is 2.58. The fourth-order valence-corrected chi connectivity index (χ4v) is 2.46. The molecule has 0 rings (SSSR count). The number of carbonyl (C=O) groups excluding carboxylic acids is 4. The molecule has 0 fully saturated rings. The highest BCUT2D eigenvalue weighted by Gasteiger charge is 2.31. The van der Waals surface area contributed by atoms with E-state index in [1.807, 2.05) is 0 Å². The van der Waals surface area contributed by atoms with Crippen molar-refractivity contribution in [3.63, 3.8) is 0 Å². The molecule has 0 aromatic heterocycles. The second-order valence-electron chi connectivity index (χ2n) is 5.21. The fraction of sp³-hybridized carbons (Fsp3) is 0.714. The van der Waals surface area contributed by atoms with Crippen LogP contribution in [0, 0.1) is 0 Å². The molecule has 2 unspecified atom stereocenters. The lowest BCUT2D eigenvalue weighted by atomic mass is 10.4. The first kappa shape index (κ1) is 26.0. The zero-order valence-electron chi connectivity index (χ0n) is 15.9. The maximum absolute atomic E-state index is 12.4. The summed E-state index contributed by atoms with van der Waals surface area (Å²) in [5.41, 5.74) is 0. The van der Waals surface area contributed by atoms with Crippen LogP contribution in [0.2, 0.25) is 0 Å². The van der Waals surface area contributed by atoms with E-state index in [0.717, 1.165) is 27.7 Å². The molecule has 0 aliphatic carbocycles. The molecule has 0 spiro atoms. The highest BCUT2D eigenvalue weighted by molar-refractivity contribution is 7.48. The number of hydrogen-bond donors (Lipinski definition) is 1. The first-order valence-corrected chi connectivity index (χ1v) is 9.32. The first-order chi connectivity index (χ1) is 13.0. The average molecular weight is 429 g/mol. The van der Waals surface area contributed by atoms with Crippen molar-refractivity contribution in [1.29, 1.82) is 0 Å². The van der Waals surface area contributed by atoms with E-state index in [-0.39, 0.29) is 13.2 Å². The molecular weight excluding hydrogens is 405 g/mol. The van der Waals surface area contributed by atoms with Crippen molar-refractivity contribution >= 4 is 31.7 Å². The molecule has 0 radical (unpaired) electrons. The van der Waals surface area contributed by atoms with Gasteiger partial charge in [0.2, 0.25) is 0 Å². The van der Waals surface area contributed by atoms with Gasteiger partial charge < -0.3 is 18.9 Å². The topological polar surface area (TPSA) is 176 Å². The minimum Gasteiger partial charge on any atom is -0.462 e. The van der Waals surface area contributed by atoms with Crippen molar-refractivity contribution in [2.24, 2.45) is 5.90 Å². The average Bonchev–Trinajstić information content (AvgIpc) is 2.58. The van der Waals surface area contributed by atoms with Gasteiger partial charge in [-0.05, 0) is 0 Å². The van der Waals surface area contributed by atoms with Crippen molar-refractivity contribution in [2.45, 2.75) is 39.9 Å². The van der Waals surface area contributed by atoms with Crippen LogP contribution in [0.15, 0.2) is 0 Å². The van der Waals surface area contributed by atoms with Crippen LogP contribution in [0.25, 0.3) is 0 Å². The quantitative estimate of drug-likeness (QED) is 0.179. The number of phosphoric ester groups is 1. The minimum absolute atomic E-state index is 0.373. The van der Waals surface area contributed by atoms with Crippen molar-refractivity contribution in [3.05, 3.63) is 0 Å². The Balaban J connectivity index is 4.83. The zero-order valence-corrected chi connectivity index (χ0v) is 16.8. The van der Waals surface area contributed by atoms with E-state index >= 15 is 0 Å². The van der Waals surface area contributed by atoms with Crippen molar-refractivity contribution < 1.29 is 56.4 Å². The Morgan fingerprint density at radius 3 is 1.32 bits per heavy atom. The number of nitrogens with two attached hydrogens (primary N) is 1. The van der Waals surface area contributed by atoms with Gasteiger partial charge in [0.25, 0.3) is 0 Å². The number of phosphoric acid groups is 1. The van der Waals surface area contributed by atoms with E-state index in [4.69, 9.17) is 33.9 Å². The predicted molar refractivity (Wildman–Crippen MR) is 89.2 cm³/mol. The molecule has 3 atom stereocenters. The van der Waals surface area contributed by atoms with Gasteiger partial charge in [0.05, 0.1) is 13.2 Å². The van der Waals surface area contributed by atoms with Gasteiger partial charge >= 0.3 is 31.7 Å². The molecule has 0 heterocycles. The molecule has 162 valence electrons. The smallest absolute Gasteiger partial charge is 0.462 e. The van der Waals surface area contributed by atoms with Gasteiger partial charge in [-0.2, -0.15) is 0 Å². The number of ether oxygens (including phenoxy) is 4. The third kappa shape index (κ3) is 13.2. The molecule has 2 N–H and O–H groups in total. The van der Waals surface area contributed by atoms with Gasteiger partial charge in [-0.3, -0.25) is 28.2 Å². The van der Waals surface area contributed by atoms with Gasteiger partial charge in [0, 0.05) is 27.7 Å². The van der Waals surface area contributed by atoms with Crippen molar-refractivity contribution in [3.8, 4) is 0 Å². The fourth-order valence-electron chi connectivity index (χ4n) is 1.57. The maximum atomic E-state index is 12.4.